The molecule has 0 amide bonds. The maximum atomic E-state index is 13.7. The Kier molecular flexibility index (Phi) is 7.07. The first-order chi connectivity index (χ1) is 19.0. The Morgan fingerprint density at radius 2 is 1.62 bits per heavy atom. The van der Waals surface area contributed by atoms with Gasteiger partial charge in [0, 0.05) is 5.56 Å². The highest BCUT2D eigenvalue weighted by atomic mass is 16.1. The summed E-state index contributed by atoms with van der Waals surface area (Å²) in [6, 6.07) is 26.9. The molecule has 3 heterocycles. The third-order valence-electron chi connectivity index (χ3n) is 7.98. The summed E-state index contributed by atoms with van der Waals surface area (Å²) in [6.07, 6.45) is 3.21. The summed E-state index contributed by atoms with van der Waals surface area (Å²) < 4.78 is 1.85. The molecule has 2 aromatic heterocycles. The minimum absolute atomic E-state index is 0.0832. The Hall–Kier alpha value is -4.10. The van der Waals surface area contributed by atoms with Crippen molar-refractivity contribution >= 4 is 10.9 Å². The van der Waals surface area contributed by atoms with Crippen molar-refractivity contribution in [1.82, 2.24) is 30.1 Å². The van der Waals surface area contributed by atoms with E-state index in [4.69, 9.17) is 0 Å². The van der Waals surface area contributed by atoms with Gasteiger partial charge in [0.15, 0.2) is 5.82 Å². The largest absolute Gasteiger partial charge is 0.321 e. The predicted molar refractivity (Wildman–Crippen MR) is 154 cm³/mol. The van der Waals surface area contributed by atoms with E-state index in [9.17, 15) is 4.79 Å². The number of piperidine rings is 1. The van der Waals surface area contributed by atoms with Crippen LogP contribution in [0.4, 0.5) is 0 Å². The van der Waals surface area contributed by atoms with E-state index >= 15 is 0 Å². The minimum Gasteiger partial charge on any atom is -0.321 e. The molecule has 0 bridgehead atoms. The zero-order chi connectivity index (χ0) is 26.8. The number of fused-ring (bicyclic) bond motifs is 1. The van der Waals surface area contributed by atoms with Crippen molar-refractivity contribution in [1.29, 1.82) is 0 Å². The number of likely N-dealkylation sites (tertiary alicyclic amines) is 1. The highest BCUT2D eigenvalue weighted by molar-refractivity contribution is 5.83. The molecule has 1 N–H and O–H groups in total. The molecule has 1 atom stereocenters. The second-order valence-electron chi connectivity index (χ2n) is 10.9. The number of pyridine rings is 1. The van der Waals surface area contributed by atoms with E-state index in [-0.39, 0.29) is 11.6 Å². The third-order valence-corrected chi connectivity index (χ3v) is 7.98. The van der Waals surface area contributed by atoms with Crippen LogP contribution in [0.3, 0.4) is 0 Å². The van der Waals surface area contributed by atoms with Crippen LogP contribution >= 0.6 is 0 Å². The number of tetrazole rings is 1. The monoisotopic (exact) mass is 518 g/mol. The number of aromatic nitrogens is 5. The van der Waals surface area contributed by atoms with Gasteiger partial charge in [0.1, 0.15) is 6.04 Å². The molecule has 1 aliphatic rings. The van der Waals surface area contributed by atoms with Gasteiger partial charge in [0.05, 0.1) is 12.1 Å². The van der Waals surface area contributed by atoms with Crippen LogP contribution in [0.25, 0.3) is 10.9 Å². The third kappa shape index (κ3) is 5.40. The number of benzene rings is 3. The van der Waals surface area contributed by atoms with Crippen molar-refractivity contribution in [2.24, 2.45) is 5.92 Å². The molecule has 0 saturated carbocycles. The molecule has 1 aliphatic heterocycles. The van der Waals surface area contributed by atoms with Crippen molar-refractivity contribution in [3.05, 3.63) is 123 Å². The molecule has 5 aromatic rings. The first kappa shape index (κ1) is 25.2. The SMILES string of the molecule is Cc1cc(C)c2[nH]c(=O)c([C@H](c3nnnn3Cc3ccccc3)N3CCC(Cc4ccccc4)CC3)cc2c1. The van der Waals surface area contributed by atoms with Crippen molar-refractivity contribution < 1.29 is 0 Å². The van der Waals surface area contributed by atoms with E-state index in [0.29, 0.717) is 23.9 Å². The summed E-state index contributed by atoms with van der Waals surface area (Å²) >= 11 is 0. The van der Waals surface area contributed by atoms with Gasteiger partial charge in [0.2, 0.25) is 0 Å². The van der Waals surface area contributed by atoms with Crippen LogP contribution in [-0.4, -0.2) is 43.2 Å². The number of H-pyrrole nitrogens is 1. The molecule has 7 nitrogen and oxygen atoms in total. The summed E-state index contributed by atoms with van der Waals surface area (Å²) in [4.78, 5) is 19.2. The zero-order valence-corrected chi connectivity index (χ0v) is 22.5. The number of hydrogen-bond donors (Lipinski definition) is 1. The molecule has 3 aromatic carbocycles. The Balaban J connectivity index is 1.37. The van der Waals surface area contributed by atoms with Crippen LogP contribution in [0, 0.1) is 19.8 Å². The average molecular weight is 519 g/mol. The highest BCUT2D eigenvalue weighted by Gasteiger charge is 2.33. The summed E-state index contributed by atoms with van der Waals surface area (Å²) in [5, 5.41) is 14.0. The van der Waals surface area contributed by atoms with Crippen LogP contribution in [0.15, 0.2) is 83.7 Å². The molecular formula is C32H34N6O. The molecule has 7 heteroatoms. The van der Waals surface area contributed by atoms with E-state index in [1.807, 2.05) is 29.8 Å². The van der Waals surface area contributed by atoms with Gasteiger partial charge in [-0.05, 0) is 96.8 Å². The first-order valence-corrected chi connectivity index (χ1v) is 13.8. The number of nitrogens with zero attached hydrogens (tertiary/aromatic N) is 5. The standard InChI is InChI=1S/C32H34N6O/c1-22-17-23(2)29-27(18-22)20-28(32(39)33-29)30(31-34-35-36-38(31)21-26-11-7-4-8-12-26)37-15-13-25(14-16-37)19-24-9-5-3-6-10-24/h3-12,17-18,20,25,30H,13-16,19,21H2,1-2H3,(H,33,39)/t30-/m1/s1. The molecule has 0 unspecified atom stereocenters. The molecule has 0 radical (unpaired) electrons. The van der Waals surface area contributed by atoms with Crippen LogP contribution in [0.5, 0.6) is 0 Å². The number of aromatic amines is 1. The summed E-state index contributed by atoms with van der Waals surface area (Å²) in [5.41, 5.74) is 6.24. The average Bonchev–Trinajstić information content (AvgIpc) is 3.39. The Labute approximate surface area is 228 Å². The van der Waals surface area contributed by atoms with Crippen LogP contribution < -0.4 is 5.56 Å². The van der Waals surface area contributed by atoms with E-state index in [0.717, 1.165) is 54.4 Å². The lowest BCUT2D eigenvalue weighted by Crippen LogP contribution is -2.41. The van der Waals surface area contributed by atoms with Crippen LogP contribution in [0.1, 0.15) is 52.5 Å². The lowest BCUT2D eigenvalue weighted by atomic mass is 9.89. The minimum atomic E-state index is -0.338. The lowest BCUT2D eigenvalue weighted by molar-refractivity contribution is 0.143. The fourth-order valence-electron chi connectivity index (χ4n) is 6.05. The number of nitrogens with one attached hydrogen (secondary N) is 1. The van der Waals surface area contributed by atoms with Crippen LogP contribution in [-0.2, 0) is 13.0 Å². The van der Waals surface area contributed by atoms with Gasteiger partial charge >= 0.3 is 0 Å². The molecule has 0 aliphatic carbocycles. The quantitative estimate of drug-likeness (QED) is 0.319. The van der Waals surface area contributed by atoms with E-state index in [1.54, 1.807) is 0 Å². The van der Waals surface area contributed by atoms with Crippen molar-refractivity contribution in [3.8, 4) is 0 Å². The van der Waals surface area contributed by atoms with E-state index < -0.39 is 0 Å². The van der Waals surface area contributed by atoms with Gasteiger partial charge in [-0.1, -0.05) is 72.3 Å². The predicted octanol–water partition coefficient (Wildman–Crippen LogP) is 5.22. The molecule has 39 heavy (non-hydrogen) atoms. The van der Waals surface area contributed by atoms with E-state index in [2.05, 4.69) is 93.0 Å². The van der Waals surface area contributed by atoms with Crippen molar-refractivity contribution in [3.63, 3.8) is 0 Å². The molecule has 6 rings (SSSR count). The van der Waals surface area contributed by atoms with Gasteiger partial charge in [0.25, 0.3) is 5.56 Å². The molecule has 198 valence electrons. The van der Waals surface area contributed by atoms with Crippen molar-refractivity contribution in [2.45, 2.75) is 45.7 Å². The Bertz CT molecular complexity index is 1620. The summed E-state index contributed by atoms with van der Waals surface area (Å²) in [7, 11) is 0. The molecule has 1 saturated heterocycles. The van der Waals surface area contributed by atoms with Gasteiger partial charge in [-0.3, -0.25) is 9.69 Å². The highest BCUT2D eigenvalue weighted by Crippen LogP contribution is 2.32. The zero-order valence-electron chi connectivity index (χ0n) is 22.5. The van der Waals surface area contributed by atoms with Gasteiger partial charge in [-0.25, -0.2) is 4.68 Å². The Morgan fingerprint density at radius 1 is 0.923 bits per heavy atom. The fraction of sp³-hybridized carbons (Fsp3) is 0.312. The number of aryl methyl sites for hydroxylation is 2. The summed E-state index contributed by atoms with van der Waals surface area (Å²) in [5.74, 6) is 1.32. The Morgan fingerprint density at radius 3 is 2.33 bits per heavy atom. The second-order valence-corrected chi connectivity index (χ2v) is 10.9. The number of hydrogen-bond acceptors (Lipinski definition) is 5. The van der Waals surface area contributed by atoms with Crippen molar-refractivity contribution in [2.75, 3.05) is 13.1 Å². The maximum absolute atomic E-state index is 13.7. The second kappa shape index (κ2) is 10.9. The van der Waals surface area contributed by atoms with Gasteiger partial charge < -0.3 is 4.98 Å². The topological polar surface area (TPSA) is 79.7 Å². The summed E-state index contributed by atoms with van der Waals surface area (Å²) in [6.45, 7) is 6.44. The molecule has 1 fully saturated rings. The molecular weight excluding hydrogens is 484 g/mol. The maximum Gasteiger partial charge on any atom is 0.253 e. The molecule has 0 spiro atoms. The number of rotatable bonds is 7. The van der Waals surface area contributed by atoms with Gasteiger partial charge in [-0.2, -0.15) is 0 Å². The van der Waals surface area contributed by atoms with Gasteiger partial charge in [-0.15, -0.1) is 5.10 Å². The van der Waals surface area contributed by atoms with Crippen LogP contribution in [0.2, 0.25) is 0 Å². The first-order valence-electron chi connectivity index (χ1n) is 13.8. The normalized spacial score (nSPS) is 15.5. The lowest BCUT2D eigenvalue weighted by Gasteiger charge is -2.37. The fourth-order valence-corrected chi connectivity index (χ4v) is 6.05. The smallest absolute Gasteiger partial charge is 0.253 e. The van der Waals surface area contributed by atoms with E-state index in [1.165, 1.54) is 11.1 Å².